The van der Waals surface area contributed by atoms with Crippen LogP contribution in [-0.2, 0) is 4.74 Å². The van der Waals surface area contributed by atoms with Crippen LogP contribution in [0.4, 0.5) is 28.1 Å². The Bertz CT molecular complexity index is 1510. The highest BCUT2D eigenvalue weighted by Gasteiger charge is 2.23. The highest BCUT2D eigenvalue weighted by molar-refractivity contribution is 6.00. The quantitative estimate of drug-likeness (QED) is 0.353. The first-order valence-electron chi connectivity index (χ1n) is 17.3. The molecular formula is C35H48N10O3. The van der Waals surface area contributed by atoms with Crippen LogP contribution < -0.4 is 20.4 Å². The largest absolute Gasteiger partial charge is 0.378 e. The van der Waals surface area contributed by atoms with Crippen LogP contribution in [0.5, 0.6) is 0 Å². The highest BCUT2D eigenvalue weighted by atomic mass is 16.5. The predicted molar refractivity (Wildman–Crippen MR) is 189 cm³/mol. The Balaban J connectivity index is 1.08. The molecule has 0 spiro atoms. The van der Waals surface area contributed by atoms with Gasteiger partial charge in [0.2, 0.25) is 11.9 Å². The third-order valence-corrected chi connectivity index (χ3v) is 9.21. The smallest absolute Gasteiger partial charge is 0.323 e. The van der Waals surface area contributed by atoms with Gasteiger partial charge in [0, 0.05) is 81.4 Å². The summed E-state index contributed by atoms with van der Waals surface area (Å²) in [5, 5.41) is 5.76. The molecule has 0 bridgehead atoms. The fourth-order valence-corrected chi connectivity index (χ4v) is 6.38. The van der Waals surface area contributed by atoms with Crippen LogP contribution in [0.25, 0.3) is 11.4 Å². The molecule has 256 valence electrons. The van der Waals surface area contributed by atoms with Crippen molar-refractivity contribution < 1.29 is 14.3 Å². The fraction of sp³-hybridized carbons (Fsp3) is 0.514. The maximum atomic E-state index is 13.0. The zero-order valence-corrected chi connectivity index (χ0v) is 28.2. The maximum Gasteiger partial charge on any atom is 0.323 e. The lowest BCUT2D eigenvalue weighted by atomic mass is 10.1. The molecule has 0 atom stereocenters. The van der Waals surface area contributed by atoms with Crippen molar-refractivity contribution in [1.29, 1.82) is 0 Å². The van der Waals surface area contributed by atoms with E-state index in [1.165, 1.54) is 0 Å². The average molecular weight is 657 g/mol. The first-order chi connectivity index (χ1) is 23.5. The van der Waals surface area contributed by atoms with Gasteiger partial charge in [-0.15, -0.1) is 0 Å². The minimum Gasteiger partial charge on any atom is -0.378 e. The van der Waals surface area contributed by atoms with Gasteiger partial charge in [0.25, 0.3) is 5.91 Å². The topological polar surface area (TPSA) is 122 Å². The van der Waals surface area contributed by atoms with E-state index in [0.717, 1.165) is 96.9 Å². The number of nitrogens with one attached hydrogen (secondary N) is 2. The van der Waals surface area contributed by atoms with E-state index in [1.54, 1.807) is 24.3 Å². The standard InChI is InChI=1S/C35H48N10O3/c1-3-14-42-18-20-43(21-19-42)32(46)28-8-12-30(13-9-28)37-35(47)36-29-10-6-27(7-11-29)31-38-33(44-16-5-15-41(4-2)17-22-44)40-34(39-31)45-23-25-48-26-24-45/h6-13H,3-5,14-26H2,1-2H3,(H2,36,37,47). The molecule has 0 unspecified atom stereocenters. The second-order valence-corrected chi connectivity index (χ2v) is 12.5. The second kappa shape index (κ2) is 16.2. The van der Waals surface area contributed by atoms with Crippen LogP contribution in [0.15, 0.2) is 48.5 Å². The lowest BCUT2D eigenvalue weighted by Crippen LogP contribution is -2.48. The molecule has 3 aliphatic rings. The normalized spacial score (nSPS) is 18.0. The summed E-state index contributed by atoms with van der Waals surface area (Å²) >= 11 is 0. The van der Waals surface area contributed by atoms with E-state index in [9.17, 15) is 9.59 Å². The number of urea groups is 1. The molecule has 3 fully saturated rings. The van der Waals surface area contributed by atoms with Crippen LogP contribution in [0.2, 0.25) is 0 Å². The van der Waals surface area contributed by atoms with Crippen LogP contribution in [-0.4, -0.2) is 133 Å². The lowest BCUT2D eigenvalue weighted by Gasteiger charge is -2.34. The van der Waals surface area contributed by atoms with E-state index in [2.05, 4.69) is 44.1 Å². The number of anilines is 4. The predicted octanol–water partition coefficient (Wildman–Crippen LogP) is 3.72. The molecule has 0 saturated carbocycles. The third kappa shape index (κ3) is 8.57. The molecule has 4 heterocycles. The van der Waals surface area contributed by atoms with Crippen LogP contribution in [0.1, 0.15) is 37.0 Å². The summed E-state index contributed by atoms with van der Waals surface area (Å²) in [5.41, 5.74) is 2.71. The number of morpholine rings is 1. The Hall–Kier alpha value is -4.33. The lowest BCUT2D eigenvalue weighted by molar-refractivity contribution is 0.0637. The molecule has 48 heavy (non-hydrogen) atoms. The molecule has 6 rings (SSSR count). The van der Waals surface area contributed by atoms with Crippen LogP contribution in [0, 0.1) is 0 Å². The van der Waals surface area contributed by atoms with E-state index in [0.29, 0.717) is 47.9 Å². The van der Waals surface area contributed by atoms with Crippen molar-refractivity contribution in [3.63, 3.8) is 0 Å². The number of piperazine rings is 1. The van der Waals surface area contributed by atoms with E-state index >= 15 is 0 Å². The zero-order chi connectivity index (χ0) is 33.3. The molecule has 3 aromatic rings. The van der Waals surface area contributed by atoms with Gasteiger partial charge in [-0.25, -0.2) is 4.79 Å². The zero-order valence-electron chi connectivity index (χ0n) is 28.2. The van der Waals surface area contributed by atoms with Crippen molar-refractivity contribution in [3.8, 4) is 11.4 Å². The number of benzene rings is 2. The number of hydrogen-bond donors (Lipinski definition) is 2. The molecule has 3 aliphatic heterocycles. The average Bonchev–Trinajstić information content (AvgIpc) is 3.39. The summed E-state index contributed by atoms with van der Waals surface area (Å²) in [4.78, 5) is 51.7. The number of ether oxygens (including phenoxy) is 1. The Labute approximate surface area is 283 Å². The molecule has 2 N–H and O–H groups in total. The van der Waals surface area contributed by atoms with Gasteiger partial charge in [-0.3, -0.25) is 9.69 Å². The summed E-state index contributed by atoms with van der Waals surface area (Å²) in [6.07, 6.45) is 2.18. The molecule has 13 nitrogen and oxygen atoms in total. The monoisotopic (exact) mass is 656 g/mol. The van der Waals surface area contributed by atoms with Gasteiger partial charge in [0.1, 0.15) is 0 Å². The van der Waals surface area contributed by atoms with Gasteiger partial charge < -0.3 is 35.0 Å². The minimum atomic E-state index is -0.367. The Morgan fingerprint density at radius 3 is 1.92 bits per heavy atom. The van der Waals surface area contributed by atoms with Crippen molar-refractivity contribution in [2.24, 2.45) is 0 Å². The molecular weight excluding hydrogens is 608 g/mol. The van der Waals surface area contributed by atoms with Gasteiger partial charge in [0.05, 0.1) is 13.2 Å². The second-order valence-electron chi connectivity index (χ2n) is 12.5. The molecule has 2 aromatic carbocycles. The van der Waals surface area contributed by atoms with Crippen LogP contribution in [0.3, 0.4) is 0 Å². The number of likely N-dealkylation sites (N-methyl/N-ethyl adjacent to an activating group) is 1. The number of carbonyl (C=O) groups excluding carboxylic acids is 2. The molecule has 1 aromatic heterocycles. The summed E-state index contributed by atoms with van der Waals surface area (Å²) in [6, 6.07) is 14.2. The van der Waals surface area contributed by atoms with Crippen molar-refractivity contribution >= 4 is 35.2 Å². The number of carbonyl (C=O) groups is 2. The number of amides is 3. The number of rotatable bonds is 9. The summed E-state index contributed by atoms with van der Waals surface area (Å²) < 4.78 is 5.57. The Morgan fingerprint density at radius 1 is 0.688 bits per heavy atom. The fourth-order valence-electron chi connectivity index (χ4n) is 6.38. The molecule has 0 aliphatic carbocycles. The summed E-state index contributed by atoms with van der Waals surface area (Å²) in [5.74, 6) is 1.99. The SMILES string of the molecule is CCCN1CCN(C(=O)c2ccc(NC(=O)Nc3ccc(-c4nc(N5CCOCC5)nc(N5CCCN(CC)CC5)n4)cc3)cc2)CC1. The molecule has 13 heteroatoms. The van der Waals surface area contributed by atoms with Crippen LogP contribution >= 0.6 is 0 Å². The van der Waals surface area contributed by atoms with Gasteiger partial charge >= 0.3 is 6.03 Å². The Morgan fingerprint density at radius 2 is 1.29 bits per heavy atom. The van der Waals surface area contributed by atoms with Gasteiger partial charge in [-0.2, -0.15) is 15.0 Å². The third-order valence-electron chi connectivity index (χ3n) is 9.21. The number of nitrogens with zero attached hydrogens (tertiary/aromatic N) is 8. The first kappa shape index (κ1) is 33.6. The summed E-state index contributed by atoms with van der Waals surface area (Å²) in [7, 11) is 0. The minimum absolute atomic E-state index is 0.0270. The van der Waals surface area contributed by atoms with Gasteiger partial charge in [-0.05, 0) is 81.0 Å². The van der Waals surface area contributed by atoms with E-state index < -0.39 is 0 Å². The Kier molecular flexibility index (Phi) is 11.3. The van der Waals surface area contributed by atoms with Crippen molar-refractivity contribution in [3.05, 3.63) is 54.1 Å². The molecule has 3 saturated heterocycles. The van der Waals surface area contributed by atoms with Crippen molar-refractivity contribution in [2.75, 3.05) is 112 Å². The van der Waals surface area contributed by atoms with Crippen molar-refractivity contribution in [1.82, 2.24) is 29.7 Å². The molecule has 0 radical (unpaired) electrons. The highest BCUT2D eigenvalue weighted by Crippen LogP contribution is 2.25. The maximum absolute atomic E-state index is 13.0. The first-order valence-corrected chi connectivity index (χ1v) is 17.3. The van der Waals surface area contributed by atoms with Gasteiger partial charge in [0.15, 0.2) is 5.82 Å². The van der Waals surface area contributed by atoms with Gasteiger partial charge in [-0.1, -0.05) is 13.8 Å². The molecule has 3 amide bonds. The number of aromatic nitrogens is 3. The van der Waals surface area contributed by atoms with Crippen molar-refractivity contribution in [2.45, 2.75) is 26.7 Å². The van der Waals surface area contributed by atoms with E-state index in [1.807, 2.05) is 29.2 Å². The summed E-state index contributed by atoms with van der Waals surface area (Å²) in [6.45, 7) is 16.4. The van der Waals surface area contributed by atoms with E-state index in [-0.39, 0.29) is 11.9 Å². The number of hydrogen-bond acceptors (Lipinski definition) is 10. The van der Waals surface area contributed by atoms with E-state index in [4.69, 9.17) is 19.7 Å².